The maximum Gasteiger partial charge on any atom is 0.220 e. The van der Waals surface area contributed by atoms with E-state index in [0.717, 1.165) is 68.4 Å². The van der Waals surface area contributed by atoms with E-state index in [9.17, 15) is 0 Å². The SMILES string of the molecule is Cc1nc(N)nc2c1/C(=N/OCCN1CCOCC1)CC(c1ccccc1-c1ccccc1)C2. The smallest absolute Gasteiger partial charge is 0.220 e. The fourth-order valence-electron chi connectivity index (χ4n) is 4.97. The summed E-state index contributed by atoms with van der Waals surface area (Å²) in [6.07, 6.45) is 1.56. The predicted molar refractivity (Wildman–Crippen MR) is 134 cm³/mol. The largest absolute Gasteiger partial charge is 0.394 e. The van der Waals surface area contributed by atoms with Gasteiger partial charge in [-0.05, 0) is 36.0 Å². The van der Waals surface area contributed by atoms with E-state index in [-0.39, 0.29) is 5.92 Å². The van der Waals surface area contributed by atoms with Crippen LogP contribution in [-0.2, 0) is 16.0 Å². The topological polar surface area (TPSA) is 85.9 Å². The van der Waals surface area contributed by atoms with Crippen LogP contribution in [0.25, 0.3) is 11.1 Å². The molecule has 0 amide bonds. The third-order valence-electron chi connectivity index (χ3n) is 6.61. The average molecular weight is 458 g/mol. The Hall–Kier alpha value is -3.29. The Balaban J connectivity index is 1.43. The highest BCUT2D eigenvalue weighted by molar-refractivity contribution is 6.03. The monoisotopic (exact) mass is 457 g/mol. The van der Waals surface area contributed by atoms with Crippen molar-refractivity contribution in [3.05, 3.63) is 77.1 Å². The predicted octanol–water partition coefficient (Wildman–Crippen LogP) is 3.82. The van der Waals surface area contributed by atoms with E-state index in [4.69, 9.17) is 15.3 Å². The van der Waals surface area contributed by atoms with Crippen molar-refractivity contribution in [3.63, 3.8) is 0 Å². The molecule has 1 aromatic heterocycles. The summed E-state index contributed by atoms with van der Waals surface area (Å²) in [6.45, 7) is 6.78. The number of aryl methyl sites for hydroxylation is 1. The van der Waals surface area contributed by atoms with Crippen LogP contribution >= 0.6 is 0 Å². The van der Waals surface area contributed by atoms with Crippen molar-refractivity contribution >= 4 is 11.7 Å². The maximum atomic E-state index is 6.03. The Morgan fingerprint density at radius 1 is 1.03 bits per heavy atom. The van der Waals surface area contributed by atoms with Gasteiger partial charge >= 0.3 is 0 Å². The first-order chi connectivity index (χ1) is 16.7. The van der Waals surface area contributed by atoms with Crippen molar-refractivity contribution in [2.75, 3.05) is 45.2 Å². The van der Waals surface area contributed by atoms with E-state index in [1.165, 1.54) is 16.7 Å². The molecule has 0 bridgehead atoms. The van der Waals surface area contributed by atoms with E-state index < -0.39 is 0 Å². The first kappa shape index (κ1) is 22.5. The minimum Gasteiger partial charge on any atom is -0.394 e. The second-order valence-electron chi connectivity index (χ2n) is 8.87. The summed E-state index contributed by atoms with van der Waals surface area (Å²) in [5, 5.41) is 4.62. The van der Waals surface area contributed by atoms with Gasteiger partial charge in [0.25, 0.3) is 0 Å². The second kappa shape index (κ2) is 10.3. The number of nitrogen functional groups attached to an aromatic ring is 1. The summed E-state index contributed by atoms with van der Waals surface area (Å²) in [5.41, 5.74) is 13.4. The van der Waals surface area contributed by atoms with Crippen LogP contribution in [0.1, 0.15) is 34.9 Å². The number of nitrogens with zero attached hydrogens (tertiary/aromatic N) is 4. The number of anilines is 1. The molecule has 0 spiro atoms. The zero-order chi connectivity index (χ0) is 23.3. The molecule has 1 atom stereocenters. The van der Waals surface area contributed by atoms with E-state index in [2.05, 4.69) is 68.6 Å². The van der Waals surface area contributed by atoms with E-state index in [0.29, 0.717) is 12.6 Å². The fraction of sp³-hybridized carbons (Fsp3) is 0.370. The molecular formula is C27H31N5O2. The van der Waals surface area contributed by atoms with Gasteiger partial charge in [0.2, 0.25) is 5.95 Å². The number of fused-ring (bicyclic) bond motifs is 1. The van der Waals surface area contributed by atoms with Crippen LogP contribution in [0.3, 0.4) is 0 Å². The van der Waals surface area contributed by atoms with Gasteiger partial charge in [-0.3, -0.25) is 4.90 Å². The van der Waals surface area contributed by atoms with Crippen LogP contribution in [0.5, 0.6) is 0 Å². The Kier molecular flexibility index (Phi) is 6.83. The highest BCUT2D eigenvalue weighted by Gasteiger charge is 2.30. The number of rotatable bonds is 6. The molecule has 0 radical (unpaired) electrons. The molecule has 1 aliphatic heterocycles. The quantitative estimate of drug-likeness (QED) is 0.447. The molecule has 7 heteroatoms. The summed E-state index contributed by atoms with van der Waals surface area (Å²) in [7, 11) is 0. The van der Waals surface area contributed by atoms with Crippen LogP contribution in [0, 0.1) is 6.92 Å². The number of hydrogen-bond donors (Lipinski definition) is 1. The fourth-order valence-corrected chi connectivity index (χ4v) is 4.97. The lowest BCUT2D eigenvalue weighted by Gasteiger charge is -2.28. The van der Waals surface area contributed by atoms with Crippen LogP contribution in [-0.4, -0.2) is 60.0 Å². The lowest BCUT2D eigenvalue weighted by molar-refractivity contribution is 0.0211. The summed E-state index contributed by atoms with van der Waals surface area (Å²) >= 11 is 0. The molecule has 7 nitrogen and oxygen atoms in total. The minimum atomic E-state index is 0.221. The molecular weight excluding hydrogens is 426 g/mol. The molecule has 34 heavy (non-hydrogen) atoms. The van der Waals surface area contributed by atoms with Crippen molar-refractivity contribution in [3.8, 4) is 11.1 Å². The third kappa shape index (κ3) is 4.95. The Labute approximate surface area is 200 Å². The van der Waals surface area contributed by atoms with E-state index in [1.54, 1.807) is 0 Å². The standard InChI is InChI=1S/C27H31N5O2/c1-19-26-24(30-27(28)29-19)17-21(18-25(26)31-34-16-13-32-11-14-33-15-12-32)23-10-6-5-9-22(23)20-7-3-2-4-8-20/h2-10,21H,11-18H2,1H3,(H2,28,29,30)/b31-25+. The molecule has 1 aliphatic carbocycles. The molecule has 1 saturated heterocycles. The number of nitrogens with two attached hydrogens (primary N) is 1. The molecule has 2 aliphatic rings. The third-order valence-corrected chi connectivity index (χ3v) is 6.61. The van der Waals surface area contributed by atoms with E-state index >= 15 is 0 Å². The van der Waals surface area contributed by atoms with Gasteiger partial charge in [0.05, 0.1) is 30.3 Å². The van der Waals surface area contributed by atoms with Crippen molar-refractivity contribution in [2.45, 2.75) is 25.7 Å². The molecule has 0 saturated carbocycles. The Morgan fingerprint density at radius 3 is 2.62 bits per heavy atom. The molecule has 3 aromatic rings. The van der Waals surface area contributed by atoms with Gasteiger partial charge in [0.15, 0.2) is 0 Å². The van der Waals surface area contributed by atoms with Gasteiger partial charge in [-0.2, -0.15) is 0 Å². The van der Waals surface area contributed by atoms with Gasteiger partial charge in [-0.25, -0.2) is 9.97 Å². The van der Waals surface area contributed by atoms with Crippen LogP contribution in [0.15, 0.2) is 59.8 Å². The summed E-state index contributed by atoms with van der Waals surface area (Å²) in [5.74, 6) is 0.528. The number of oxime groups is 1. The van der Waals surface area contributed by atoms with E-state index in [1.807, 2.05) is 13.0 Å². The molecule has 5 rings (SSSR count). The molecule has 2 heterocycles. The first-order valence-corrected chi connectivity index (χ1v) is 12.0. The lowest BCUT2D eigenvalue weighted by atomic mass is 9.78. The highest BCUT2D eigenvalue weighted by atomic mass is 16.6. The van der Waals surface area contributed by atoms with Crippen LogP contribution in [0.4, 0.5) is 5.95 Å². The number of morpholine rings is 1. The Bertz CT molecular complexity index is 1160. The maximum absolute atomic E-state index is 6.03. The molecule has 1 fully saturated rings. The summed E-state index contributed by atoms with van der Waals surface area (Å²) in [4.78, 5) is 17.2. The lowest BCUT2D eigenvalue weighted by Crippen LogP contribution is -2.38. The molecule has 2 N–H and O–H groups in total. The van der Waals surface area contributed by atoms with Gasteiger partial charge in [-0.15, -0.1) is 0 Å². The zero-order valence-electron chi connectivity index (χ0n) is 19.6. The minimum absolute atomic E-state index is 0.221. The van der Waals surface area contributed by atoms with Crippen LogP contribution < -0.4 is 5.73 Å². The zero-order valence-corrected chi connectivity index (χ0v) is 19.6. The van der Waals surface area contributed by atoms with Crippen molar-refractivity contribution in [1.82, 2.24) is 14.9 Å². The first-order valence-electron chi connectivity index (χ1n) is 12.0. The molecule has 1 unspecified atom stereocenters. The van der Waals surface area contributed by atoms with Gasteiger partial charge in [0, 0.05) is 31.6 Å². The number of ether oxygens (including phenoxy) is 1. The average Bonchev–Trinajstić information content (AvgIpc) is 2.87. The number of benzene rings is 2. The normalized spacial score (nSPS) is 19.7. The van der Waals surface area contributed by atoms with Gasteiger partial charge in [-0.1, -0.05) is 59.8 Å². The van der Waals surface area contributed by atoms with Gasteiger partial charge in [0.1, 0.15) is 6.61 Å². The molecule has 2 aromatic carbocycles. The second-order valence-corrected chi connectivity index (χ2v) is 8.87. The summed E-state index contributed by atoms with van der Waals surface area (Å²) < 4.78 is 5.42. The van der Waals surface area contributed by atoms with Crippen molar-refractivity contribution < 1.29 is 9.57 Å². The highest BCUT2D eigenvalue weighted by Crippen LogP contribution is 2.38. The van der Waals surface area contributed by atoms with Gasteiger partial charge < -0.3 is 15.3 Å². The van der Waals surface area contributed by atoms with Crippen molar-refractivity contribution in [1.29, 1.82) is 0 Å². The number of aromatic nitrogens is 2. The Morgan fingerprint density at radius 2 is 1.79 bits per heavy atom. The van der Waals surface area contributed by atoms with Crippen molar-refractivity contribution in [2.24, 2.45) is 5.16 Å². The molecule has 176 valence electrons. The number of hydrogen-bond acceptors (Lipinski definition) is 7. The summed E-state index contributed by atoms with van der Waals surface area (Å²) in [6, 6.07) is 19.1. The van der Waals surface area contributed by atoms with Crippen LogP contribution in [0.2, 0.25) is 0 Å².